The first-order chi connectivity index (χ1) is 14.8. The van der Waals surface area contributed by atoms with Crippen molar-refractivity contribution in [3.05, 3.63) is 54.2 Å². The Labute approximate surface area is 184 Å². The number of nitrogens with zero attached hydrogens (tertiary/aromatic N) is 3. The zero-order chi connectivity index (χ0) is 22.2. The van der Waals surface area contributed by atoms with Crippen molar-refractivity contribution >= 4 is 39.1 Å². The number of aryl methyl sites for hydroxylation is 1. The van der Waals surface area contributed by atoms with E-state index in [2.05, 4.69) is 15.3 Å². The van der Waals surface area contributed by atoms with Gasteiger partial charge in [0.05, 0.1) is 30.4 Å². The number of benzene rings is 2. The van der Waals surface area contributed by atoms with Gasteiger partial charge in [-0.05, 0) is 43.3 Å². The molecule has 0 saturated carbocycles. The van der Waals surface area contributed by atoms with Crippen molar-refractivity contribution in [3.63, 3.8) is 0 Å². The topological polar surface area (TPSA) is 101 Å². The Morgan fingerprint density at radius 3 is 2.65 bits per heavy atom. The maximum atomic E-state index is 12.8. The standard InChI is InChI=1S/C21H20N4O4S2/c1-13-4-9-17-16(10-13)20-18(31(27,28)25(17)2)11-22-21(24-20)30-12-19(26)23-14-5-7-15(29-3)8-6-14/h4-11H,12H2,1-3H3,(H,23,26). The molecule has 8 nitrogen and oxygen atoms in total. The number of methoxy groups -OCH3 is 1. The smallest absolute Gasteiger partial charge is 0.267 e. The highest BCUT2D eigenvalue weighted by Crippen LogP contribution is 2.41. The van der Waals surface area contributed by atoms with Gasteiger partial charge in [-0.25, -0.2) is 18.4 Å². The lowest BCUT2D eigenvalue weighted by Gasteiger charge is -2.28. The van der Waals surface area contributed by atoms with E-state index in [4.69, 9.17) is 4.74 Å². The van der Waals surface area contributed by atoms with Crippen molar-refractivity contribution in [1.29, 1.82) is 0 Å². The summed E-state index contributed by atoms with van der Waals surface area (Å²) in [6.45, 7) is 1.93. The molecule has 1 aliphatic heterocycles. The third-order valence-electron chi connectivity index (χ3n) is 4.82. The Bertz CT molecular complexity index is 1260. The van der Waals surface area contributed by atoms with Gasteiger partial charge in [0.1, 0.15) is 10.6 Å². The number of nitrogens with one attached hydrogen (secondary N) is 1. The third kappa shape index (κ3) is 4.08. The molecule has 0 atom stereocenters. The molecule has 0 bridgehead atoms. The molecule has 0 aliphatic carbocycles. The van der Waals surface area contributed by atoms with Crippen molar-refractivity contribution in [2.24, 2.45) is 0 Å². The highest BCUT2D eigenvalue weighted by atomic mass is 32.2. The number of carbonyl (C=O) groups is 1. The van der Waals surface area contributed by atoms with E-state index in [1.54, 1.807) is 37.4 Å². The highest BCUT2D eigenvalue weighted by molar-refractivity contribution is 7.99. The Morgan fingerprint density at radius 2 is 1.94 bits per heavy atom. The van der Waals surface area contributed by atoms with E-state index < -0.39 is 10.0 Å². The molecule has 0 radical (unpaired) electrons. The number of rotatable bonds is 5. The van der Waals surface area contributed by atoms with Crippen molar-refractivity contribution in [2.75, 3.05) is 29.5 Å². The molecule has 3 aromatic rings. The van der Waals surface area contributed by atoms with Crippen LogP contribution in [0.1, 0.15) is 5.56 Å². The summed E-state index contributed by atoms with van der Waals surface area (Å²) in [6, 6.07) is 12.5. The predicted molar refractivity (Wildman–Crippen MR) is 120 cm³/mol. The van der Waals surface area contributed by atoms with Gasteiger partial charge in [-0.1, -0.05) is 23.4 Å². The van der Waals surface area contributed by atoms with E-state index in [0.717, 1.165) is 22.9 Å². The van der Waals surface area contributed by atoms with Gasteiger partial charge in [-0.15, -0.1) is 0 Å². The van der Waals surface area contributed by atoms with E-state index in [9.17, 15) is 13.2 Å². The number of thioether (sulfide) groups is 1. The van der Waals surface area contributed by atoms with E-state index in [1.165, 1.54) is 17.5 Å². The zero-order valence-electron chi connectivity index (χ0n) is 17.1. The van der Waals surface area contributed by atoms with Crippen molar-refractivity contribution in [3.8, 4) is 17.0 Å². The minimum Gasteiger partial charge on any atom is -0.497 e. The maximum Gasteiger partial charge on any atom is 0.267 e. The number of aromatic nitrogens is 2. The van der Waals surface area contributed by atoms with Crippen LogP contribution < -0.4 is 14.4 Å². The summed E-state index contributed by atoms with van der Waals surface area (Å²) in [4.78, 5) is 21.0. The fourth-order valence-electron chi connectivity index (χ4n) is 3.20. The molecular formula is C21H20N4O4S2. The molecular weight excluding hydrogens is 436 g/mol. The quantitative estimate of drug-likeness (QED) is 0.464. The average molecular weight is 457 g/mol. The molecule has 1 aromatic heterocycles. The van der Waals surface area contributed by atoms with Crippen LogP contribution >= 0.6 is 11.8 Å². The lowest BCUT2D eigenvalue weighted by molar-refractivity contribution is -0.113. The monoisotopic (exact) mass is 456 g/mol. The fraction of sp³-hybridized carbons (Fsp3) is 0.190. The zero-order valence-corrected chi connectivity index (χ0v) is 18.8. The van der Waals surface area contributed by atoms with Crippen LogP contribution in [0.5, 0.6) is 5.75 Å². The first-order valence-corrected chi connectivity index (χ1v) is 11.8. The van der Waals surface area contributed by atoms with Crippen LogP contribution in [0, 0.1) is 6.92 Å². The number of hydrogen-bond acceptors (Lipinski definition) is 7. The summed E-state index contributed by atoms with van der Waals surface area (Å²) in [5, 5.41) is 3.12. The van der Waals surface area contributed by atoms with Gasteiger partial charge >= 0.3 is 0 Å². The number of amides is 1. The molecule has 0 unspecified atom stereocenters. The number of sulfonamides is 1. The highest BCUT2D eigenvalue weighted by Gasteiger charge is 2.34. The van der Waals surface area contributed by atoms with Crippen LogP contribution in [0.2, 0.25) is 0 Å². The summed E-state index contributed by atoms with van der Waals surface area (Å²) < 4.78 is 32.0. The summed E-state index contributed by atoms with van der Waals surface area (Å²) in [5.41, 5.74) is 3.27. The van der Waals surface area contributed by atoms with Gasteiger partial charge in [-0.3, -0.25) is 9.10 Å². The lowest BCUT2D eigenvalue weighted by Crippen LogP contribution is -2.31. The van der Waals surface area contributed by atoms with Crippen molar-refractivity contribution in [2.45, 2.75) is 17.0 Å². The van der Waals surface area contributed by atoms with Crippen LogP contribution in [0.25, 0.3) is 11.3 Å². The molecule has 1 aliphatic rings. The van der Waals surface area contributed by atoms with Gasteiger partial charge in [0, 0.05) is 18.3 Å². The molecule has 2 heterocycles. The van der Waals surface area contributed by atoms with Crippen molar-refractivity contribution in [1.82, 2.24) is 9.97 Å². The molecule has 160 valence electrons. The molecule has 4 rings (SSSR count). The Hall–Kier alpha value is -3.11. The molecule has 10 heteroatoms. The third-order valence-corrected chi connectivity index (χ3v) is 7.46. The minimum absolute atomic E-state index is 0.0557. The van der Waals surface area contributed by atoms with Crippen LogP contribution in [-0.4, -0.2) is 44.2 Å². The lowest BCUT2D eigenvalue weighted by atomic mass is 10.1. The van der Waals surface area contributed by atoms with Gasteiger partial charge in [0.15, 0.2) is 5.16 Å². The Kier molecular flexibility index (Phi) is 5.59. The van der Waals surface area contributed by atoms with Gasteiger partial charge < -0.3 is 10.1 Å². The summed E-state index contributed by atoms with van der Waals surface area (Å²) in [6.07, 6.45) is 1.31. The molecule has 0 spiro atoms. The van der Waals surface area contributed by atoms with Gasteiger partial charge in [-0.2, -0.15) is 0 Å². The molecule has 1 N–H and O–H groups in total. The summed E-state index contributed by atoms with van der Waals surface area (Å²) in [7, 11) is -0.644. The minimum atomic E-state index is -3.73. The van der Waals surface area contributed by atoms with Gasteiger partial charge in [0.25, 0.3) is 10.0 Å². The molecule has 0 fully saturated rings. The van der Waals surface area contributed by atoms with Crippen LogP contribution in [0.15, 0.2) is 58.7 Å². The average Bonchev–Trinajstić information content (AvgIpc) is 2.76. The number of carbonyl (C=O) groups excluding carboxylic acids is 1. The van der Waals surface area contributed by atoms with Crippen LogP contribution in [0.3, 0.4) is 0 Å². The second kappa shape index (κ2) is 8.20. The second-order valence-corrected chi connectivity index (χ2v) is 9.80. The molecule has 31 heavy (non-hydrogen) atoms. The number of ether oxygens (including phenoxy) is 1. The molecule has 2 aromatic carbocycles. The van der Waals surface area contributed by atoms with E-state index in [0.29, 0.717) is 28.0 Å². The van der Waals surface area contributed by atoms with E-state index in [1.807, 2.05) is 19.1 Å². The SMILES string of the molecule is COc1ccc(NC(=O)CSc2ncc3c(n2)-c2cc(C)ccc2N(C)S3(=O)=O)cc1. The fourth-order valence-corrected chi connectivity index (χ4v) is 5.11. The van der Waals surface area contributed by atoms with E-state index in [-0.39, 0.29) is 16.6 Å². The van der Waals surface area contributed by atoms with Gasteiger partial charge in [0.2, 0.25) is 5.91 Å². The molecule has 0 saturated heterocycles. The van der Waals surface area contributed by atoms with Crippen molar-refractivity contribution < 1.29 is 17.9 Å². The van der Waals surface area contributed by atoms with Crippen LogP contribution in [0.4, 0.5) is 11.4 Å². The molecule has 1 amide bonds. The maximum absolute atomic E-state index is 12.8. The summed E-state index contributed by atoms with van der Waals surface area (Å²) in [5.74, 6) is 0.559. The second-order valence-electron chi connectivity index (χ2n) is 6.92. The normalized spacial score (nSPS) is 13.8. The Balaban J connectivity index is 1.55. The van der Waals surface area contributed by atoms with E-state index >= 15 is 0 Å². The number of fused-ring (bicyclic) bond motifs is 3. The summed E-state index contributed by atoms with van der Waals surface area (Å²) >= 11 is 1.14. The number of hydrogen-bond donors (Lipinski definition) is 1. The number of anilines is 2. The largest absolute Gasteiger partial charge is 0.497 e. The Morgan fingerprint density at radius 1 is 1.19 bits per heavy atom. The predicted octanol–water partition coefficient (Wildman–Crippen LogP) is 3.33. The van der Waals surface area contributed by atoms with Crippen LogP contribution in [-0.2, 0) is 14.8 Å². The first-order valence-electron chi connectivity index (χ1n) is 9.33. The first kappa shape index (κ1) is 21.1.